The highest BCUT2D eigenvalue weighted by Gasteiger charge is 2.25. The van der Waals surface area contributed by atoms with Gasteiger partial charge in [0.25, 0.3) is 0 Å². The van der Waals surface area contributed by atoms with Gasteiger partial charge in [0.1, 0.15) is 6.61 Å². The molecule has 0 aromatic heterocycles. The number of hydrogen-bond acceptors (Lipinski definition) is 8. The van der Waals surface area contributed by atoms with E-state index in [1.54, 1.807) is 12.2 Å². The fourth-order valence-corrected chi connectivity index (χ4v) is 3.54. The number of ether oxygens (including phenoxy) is 2. The number of hydrogen-bond donors (Lipinski definition) is 2. The average Bonchev–Trinajstić information content (AvgIpc) is 2.93. The standard InChI is InChI=1S/C30H46NO8P/c1-3-5-7-9-11-13-14-15-17-18-20-22-29(32)36-26-28(27-38-40(34,35)37-25-24-31)39-30(33)23-21-19-16-12-10-8-6-4-2/h3-6,9-12,14-15,18-21,28H,7-8,13,16-17,22-27,31H2,1-2H3,(H,34,35)/t28-/m1/s1. The first-order valence-corrected chi connectivity index (χ1v) is 15.0. The van der Waals surface area contributed by atoms with Crippen molar-refractivity contribution < 1.29 is 37.6 Å². The van der Waals surface area contributed by atoms with Crippen LogP contribution in [0.3, 0.4) is 0 Å². The number of phosphoric acid groups is 1. The van der Waals surface area contributed by atoms with Crippen molar-refractivity contribution in [3.63, 3.8) is 0 Å². The molecule has 0 aliphatic carbocycles. The number of carbonyl (C=O) groups excluding carboxylic acids is 2. The van der Waals surface area contributed by atoms with Crippen LogP contribution in [0.15, 0.2) is 85.1 Å². The van der Waals surface area contributed by atoms with E-state index in [-0.39, 0.29) is 32.6 Å². The zero-order valence-electron chi connectivity index (χ0n) is 23.8. The predicted molar refractivity (Wildman–Crippen MR) is 159 cm³/mol. The second kappa shape index (κ2) is 26.4. The van der Waals surface area contributed by atoms with Gasteiger partial charge in [0.2, 0.25) is 0 Å². The maximum Gasteiger partial charge on any atom is 0.472 e. The van der Waals surface area contributed by atoms with Gasteiger partial charge in [0.05, 0.1) is 26.1 Å². The van der Waals surface area contributed by atoms with Gasteiger partial charge in [-0.1, -0.05) is 85.1 Å². The van der Waals surface area contributed by atoms with E-state index < -0.39 is 32.5 Å². The van der Waals surface area contributed by atoms with Gasteiger partial charge in [-0.05, 0) is 46.0 Å². The summed E-state index contributed by atoms with van der Waals surface area (Å²) in [5.41, 5.74) is 5.27. The van der Waals surface area contributed by atoms with Crippen LogP contribution in [0.5, 0.6) is 0 Å². The zero-order chi connectivity index (χ0) is 29.7. The Morgan fingerprint density at radius 3 is 1.62 bits per heavy atom. The van der Waals surface area contributed by atoms with Gasteiger partial charge in [0, 0.05) is 6.54 Å². The topological polar surface area (TPSA) is 134 Å². The molecule has 1 unspecified atom stereocenters. The van der Waals surface area contributed by atoms with Gasteiger partial charge in [0.15, 0.2) is 6.10 Å². The summed E-state index contributed by atoms with van der Waals surface area (Å²) < 4.78 is 32.0. The molecule has 0 aliphatic rings. The molecule has 0 spiro atoms. The molecule has 0 heterocycles. The second-order valence-electron chi connectivity index (χ2n) is 8.26. The highest BCUT2D eigenvalue weighted by molar-refractivity contribution is 7.47. The molecule has 0 amide bonds. The van der Waals surface area contributed by atoms with Crippen molar-refractivity contribution in [3.05, 3.63) is 85.1 Å². The van der Waals surface area contributed by atoms with Crippen molar-refractivity contribution in [2.45, 2.75) is 64.9 Å². The van der Waals surface area contributed by atoms with Crippen LogP contribution >= 0.6 is 7.82 Å². The van der Waals surface area contributed by atoms with Crippen LogP contribution in [-0.4, -0.2) is 49.3 Å². The molecule has 40 heavy (non-hydrogen) atoms. The van der Waals surface area contributed by atoms with E-state index in [4.69, 9.17) is 19.7 Å². The van der Waals surface area contributed by atoms with E-state index in [1.807, 2.05) is 68.5 Å². The Bertz CT molecular complexity index is 934. The molecule has 10 heteroatoms. The largest absolute Gasteiger partial charge is 0.472 e. The number of phosphoric ester groups is 1. The van der Waals surface area contributed by atoms with Crippen LogP contribution in [-0.2, 0) is 32.7 Å². The van der Waals surface area contributed by atoms with E-state index in [0.29, 0.717) is 12.8 Å². The quantitative estimate of drug-likeness (QED) is 0.0824. The molecule has 0 bridgehead atoms. The van der Waals surface area contributed by atoms with E-state index >= 15 is 0 Å². The Hall–Kier alpha value is -2.81. The first-order chi connectivity index (χ1) is 19.3. The maximum atomic E-state index is 12.3. The molecular weight excluding hydrogens is 533 g/mol. The molecule has 0 aromatic rings. The third kappa shape index (κ3) is 25.5. The van der Waals surface area contributed by atoms with E-state index in [0.717, 1.165) is 19.3 Å². The summed E-state index contributed by atoms with van der Waals surface area (Å²) in [5, 5.41) is 0. The summed E-state index contributed by atoms with van der Waals surface area (Å²) in [6, 6.07) is 0. The molecule has 9 nitrogen and oxygen atoms in total. The highest BCUT2D eigenvalue weighted by Crippen LogP contribution is 2.43. The first-order valence-electron chi connectivity index (χ1n) is 13.5. The Balaban J connectivity index is 4.66. The van der Waals surface area contributed by atoms with Crippen LogP contribution in [0.2, 0.25) is 0 Å². The molecule has 0 rings (SSSR count). The van der Waals surface area contributed by atoms with Crippen molar-refractivity contribution in [2.75, 3.05) is 26.4 Å². The number of esters is 2. The fourth-order valence-electron chi connectivity index (χ4n) is 2.77. The minimum Gasteiger partial charge on any atom is -0.461 e. The van der Waals surface area contributed by atoms with Gasteiger partial charge < -0.3 is 20.1 Å². The predicted octanol–water partition coefficient (Wildman–Crippen LogP) is 6.20. The molecule has 3 N–H and O–H groups in total. The molecule has 2 atom stereocenters. The Kier molecular flexibility index (Phi) is 24.6. The second-order valence-corrected chi connectivity index (χ2v) is 9.72. The first kappa shape index (κ1) is 37.2. The van der Waals surface area contributed by atoms with Gasteiger partial charge in [-0.25, -0.2) is 4.57 Å². The summed E-state index contributed by atoms with van der Waals surface area (Å²) in [4.78, 5) is 34.1. The lowest BCUT2D eigenvalue weighted by atomic mass is 10.2. The molecule has 224 valence electrons. The molecule has 0 fully saturated rings. The van der Waals surface area contributed by atoms with E-state index in [9.17, 15) is 19.0 Å². The van der Waals surface area contributed by atoms with Gasteiger partial charge >= 0.3 is 19.8 Å². The fraction of sp³-hybridized carbons (Fsp3) is 0.467. The summed E-state index contributed by atoms with van der Waals surface area (Å²) >= 11 is 0. The maximum absolute atomic E-state index is 12.3. The summed E-state index contributed by atoms with van der Waals surface area (Å²) in [6.45, 7) is 2.94. The van der Waals surface area contributed by atoms with Crippen LogP contribution < -0.4 is 5.73 Å². The van der Waals surface area contributed by atoms with E-state index in [1.165, 1.54) is 0 Å². The number of allylic oxidation sites excluding steroid dienone is 12. The number of carbonyl (C=O) groups is 2. The molecule has 0 saturated heterocycles. The number of rotatable bonds is 23. The van der Waals surface area contributed by atoms with Gasteiger partial charge in [-0.2, -0.15) is 0 Å². The van der Waals surface area contributed by atoms with Crippen LogP contribution in [0.25, 0.3) is 0 Å². The minimum atomic E-state index is -4.40. The van der Waals surface area contributed by atoms with Crippen molar-refractivity contribution in [1.29, 1.82) is 0 Å². The van der Waals surface area contributed by atoms with Crippen LogP contribution in [0.4, 0.5) is 0 Å². The molecule has 0 aliphatic heterocycles. The van der Waals surface area contributed by atoms with Crippen LogP contribution in [0.1, 0.15) is 58.8 Å². The lowest BCUT2D eigenvalue weighted by Gasteiger charge is -2.19. The summed E-state index contributed by atoms with van der Waals surface area (Å²) in [7, 11) is -4.40. The van der Waals surface area contributed by atoms with Gasteiger partial charge in [-0.3, -0.25) is 18.6 Å². The minimum absolute atomic E-state index is 0.0184. The van der Waals surface area contributed by atoms with E-state index in [2.05, 4.69) is 22.8 Å². The van der Waals surface area contributed by atoms with Crippen LogP contribution in [0, 0.1) is 0 Å². The van der Waals surface area contributed by atoms with Crippen molar-refractivity contribution in [2.24, 2.45) is 5.73 Å². The monoisotopic (exact) mass is 579 g/mol. The van der Waals surface area contributed by atoms with Crippen molar-refractivity contribution in [1.82, 2.24) is 0 Å². The molecule has 0 aromatic carbocycles. The normalized spacial score (nSPS) is 15.0. The number of nitrogens with two attached hydrogens (primary N) is 1. The third-order valence-electron chi connectivity index (χ3n) is 4.76. The lowest BCUT2D eigenvalue weighted by Crippen LogP contribution is -2.29. The zero-order valence-corrected chi connectivity index (χ0v) is 24.7. The summed E-state index contributed by atoms with van der Waals surface area (Å²) in [6.07, 6.45) is 30.2. The molecular formula is C30H46NO8P. The SMILES string of the molecule is CC=CCC=CCC=CCC=CCC(=O)OC[C@H](COP(=O)(O)OCCN)OC(=O)CC=CCC=CCC=CC. The third-order valence-corrected chi connectivity index (χ3v) is 5.74. The molecule has 0 saturated carbocycles. The highest BCUT2D eigenvalue weighted by atomic mass is 31.2. The lowest BCUT2D eigenvalue weighted by molar-refractivity contribution is -0.160. The Morgan fingerprint density at radius 1 is 0.700 bits per heavy atom. The Labute approximate surface area is 239 Å². The van der Waals surface area contributed by atoms with Crippen molar-refractivity contribution in [3.8, 4) is 0 Å². The van der Waals surface area contributed by atoms with Crippen molar-refractivity contribution >= 4 is 19.8 Å². The average molecular weight is 580 g/mol. The molecule has 0 radical (unpaired) electrons. The van der Waals surface area contributed by atoms with Gasteiger partial charge in [-0.15, -0.1) is 0 Å². The smallest absolute Gasteiger partial charge is 0.461 e. The Morgan fingerprint density at radius 2 is 1.15 bits per heavy atom. The summed E-state index contributed by atoms with van der Waals surface area (Å²) in [5.74, 6) is -1.14.